The average Bonchev–Trinajstić information content (AvgIpc) is 2.57. The summed E-state index contributed by atoms with van der Waals surface area (Å²) in [4.78, 5) is 16.8. The van der Waals surface area contributed by atoms with E-state index in [0.29, 0.717) is 17.4 Å². The van der Waals surface area contributed by atoms with Crippen LogP contribution in [0.4, 0.5) is 0 Å². The minimum absolute atomic E-state index is 0.00504. The molecule has 136 valence electrons. The average molecular weight is 353 g/mol. The molecular formula is C21H23NO4. The zero-order valence-electron chi connectivity index (χ0n) is 15.5. The number of hydrogen-bond donors (Lipinski definition) is 2. The molecule has 0 fully saturated rings. The molecule has 0 saturated carbocycles. The molecule has 0 bridgehead atoms. The van der Waals surface area contributed by atoms with Crippen LogP contribution in [0.25, 0.3) is 21.7 Å². The molecule has 0 saturated heterocycles. The van der Waals surface area contributed by atoms with Gasteiger partial charge < -0.3 is 14.9 Å². The van der Waals surface area contributed by atoms with Crippen molar-refractivity contribution in [2.45, 2.75) is 34.1 Å². The van der Waals surface area contributed by atoms with Gasteiger partial charge in [0.25, 0.3) is 0 Å². The van der Waals surface area contributed by atoms with Gasteiger partial charge in [0.2, 0.25) is 0 Å². The Morgan fingerprint density at radius 2 is 1.85 bits per heavy atom. The molecule has 2 N–H and O–H groups in total. The van der Waals surface area contributed by atoms with E-state index in [1.165, 1.54) is 0 Å². The monoisotopic (exact) mass is 353 g/mol. The van der Waals surface area contributed by atoms with Gasteiger partial charge in [-0.25, -0.2) is 4.79 Å². The summed E-state index contributed by atoms with van der Waals surface area (Å²) >= 11 is 0. The van der Waals surface area contributed by atoms with Crippen LogP contribution < -0.4 is 0 Å². The lowest BCUT2D eigenvalue weighted by atomic mass is 9.84. The van der Waals surface area contributed by atoms with E-state index < -0.39 is 5.97 Å². The van der Waals surface area contributed by atoms with Gasteiger partial charge >= 0.3 is 5.97 Å². The number of carbonyl (C=O) groups is 1. The summed E-state index contributed by atoms with van der Waals surface area (Å²) in [6.45, 7) is 7.89. The molecule has 0 spiro atoms. The molecule has 3 rings (SSSR count). The molecule has 26 heavy (non-hydrogen) atoms. The number of hydrogen-bond acceptors (Lipinski definition) is 5. The Morgan fingerprint density at radius 1 is 1.15 bits per heavy atom. The molecule has 0 amide bonds. The Kier molecular flexibility index (Phi) is 4.48. The van der Waals surface area contributed by atoms with Gasteiger partial charge in [0, 0.05) is 17.1 Å². The molecule has 0 aliphatic rings. The summed E-state index contributed by atoms with van der Waals surface area (Å²) in [6, 6.07) is 7.50. The Bertz CT molecular complexity index is 1000. The zero-order chi connectivity index (χ0) is 19.1. The van der Waals surface area contributed by atoms with Gasteiger partial charge in [0.05, 0.1) is 12.0 Å². The minimum atomic E-state index is -0.656. The molecule has 0 aliphatic heterocycles. The number of rotatable bonds is 3. The Balaban J connectivity index is 2.45. The van der Waals surface area contributed by atoms with Crippen LogP contribution in [-0.4, -0.2) is 27.8 Å². The number of benzene rings is 2. The van der Waals surface area contributed by atoms with Crippen molar-refractivity contribution in [2.75, 3.05) is 6.61 Å². The molecule has 0 atom stereocenters. The quantitative estimate of drug-likeness (QED) is 0.410. The molecule has 1 heterocycles. The topological polar surface area (TPSA) is 79.7 Å². The van der Waals surface area contributed by atoms with E-state index in [-0.39, 0.29) is 34.6 Å². The summed E-state index contributed by atoms with van der Waals surface area (Å²) in [5, 5.41) is 24.0. The first-order valence-corrected chi connectivity index (χ1v) is 8.66. The van der Waals surface area contributed by atoms with E-state index in [1.807, 2.05) is 45.0 Å². The second-order valence-electron chi connectivity index (χ2n) is 7.58. The largest absolute Gasteiger partial charge is 0.507 e. The highest BCUT2D eigenvalue weighted by atomic mass is 16.5. The van der Waals surface area contributed by atoms with Crippen molar-refractivity contribution in [2.24, 2.45) is 5.41 Å². The van der Waals surface area contributed by atoms with Crippen molar-refractivity contribution in [3.05, 3.63) is 41.6 Å². The molecular weight excluding hydrogens is 330 g/mol. The van der Waals surface area contributed by atoms with Gasteiger partial charge in [-0.1, -0.05) is 45.0 Å². The van der Waals surface area contributed by atoms with Crippen molar-refractivity contribution < 1.29 is 19.7 Å². The van der Waals surface area contributed by atoms with Crippen LogP contribution in [0.2, 0.25) is 0 Å². The first kappa shape index (κ1) is 18.0. The van der Waals surface area contributed by atoms with Crippen molar-refractivity contribution >= 4 is 27.6 Å². The number of carbonyl (C=O) groups excluding carboxylic acids is 1. The van der Waals surface area contributed by atoms with Crippen LogP contribution in [0.5, 0.6) is 11.5 Å². The van der Waals surface area contributed by atoms with E-state index in [9.17, 15) is 15.0 Å². The Morgan fingerprint density at radius 3 is 2.50 bits per heavy atom. The maximum atomic E-state index is 12.5. The molecule has 2 aromatic carbocycles. The van der Waals surface area contributed by atoms with Crippen LogP contribution in [0, 0.1) is 5.41 Å². The van der Waals surface area contributed by atoms with E-state index in [2.05, 4.69) is 4.98 Å². The van der Waals surface area contributed by atoms with E-state index in [4.69, 9.17) is 4.74 Å². The molecule has 3 aromatic rings. The summed E-state index contributed by atoms with van der Waals surface area (Å²) < 4.78 is 5.12. The maximum Gasteiger partial charge on any atom is 0.342 e. The normalized spacial score (nSPS) is 11.8. The molecule has 0 unspecified atom stereocenters. The summed E-state index contributed by atoms with van der Waals surface area (Å²) in [6.07, 6.45) is 2.02. The fraction of sp³-hybridized carbons (Fsp3) is 0.333. The highest BCUT2D eigenvalue weighted by molar-refractivity contribution is 6.14. The number of aromatic nitrogens is 1. The van der Waals surface area contributed by atoms with Crippen molar-refractivity contribution in [1.82, 2.24) is 4.98 Å². The number of ether oxygens (including phenoxy) is 1. The van der Waals surface area contributed by atoms with Gasteiger partial charge in [0.15, 0.2) is 5.75 Å². The maximum absolute atomic E-state index is 12.5. The first-order chi connectivity index (χ1) is 12.2. The minimum Gasteiger partial charge on any atom is -0.507 e. The number of esters is 1. The van der Waals surface area contributed by atoms with Gasteiger partial charge in [-0.15, -0.1) is 0 Å². The molecule has 1 aromatic heterocycles. The third kappa shape index (κ3) is 3.05. The summed E-state index contributed by atoms with van der Waals surface area (Å²) in [5.41, 5.74) is 0.368. The number of pyridine rings is 1. The Labute approximate surface area is 152 Å². The molecule has 0 aliphatic carbocycles. The lowest BCUT2D eigenvalue weighted by molar-refractivity contribution is 0.0521. The van der Waals surface area contributed by atoms with Gasteiger partial charge in [0.1, 0.15) is 16.8 Å². The number of aromatic hydroxyl groups is 2. The zero-order valence-corrected chi connectivity index (χ0v) is 15.5. The summed E-state index contributed by atoms with van der Waals surface area (Å²) in [7, 11) is 0. The molecule has 5 nitrogen and oxygen atoms in total. The fourth-order valence-corrected chi connectivity index (χ4v) is 3.24. The van der Waals surface area contributed by atoms with Crippen molar-refractivity contribution in [3.8, 4) is 11.5 Å². The number of phenolic OH excluding ortho intramolecular Hbond substituents is 2. The van der Waals surface area contributed by atoms with Gasteiger partial charge in [-0.2, -0.15) is 0 Å². The van der Waals surface area contributed by atoms with Crippen LogP contribution in [-0.2, 0) is 11.2 Å². The third-order valence-corrected chi connectivity index (χ3v) is 4.27. The fourth-order valence-electron chi connectivity index (χ4n) is 3.24. The second kappa shape index (κ2) is 6.48. The van der Waals surface area contributed by atoms with E-state index >= 15 is 0 Å². The van der Waals surface area contributed by atoms with Gasteiger partial charge in [-0.05, 0) is 24.1 Å². The lowest BCUT2D eigenvalue weighted by Gasteiger charge is -2.23. The number of phenols is 2. The Hall–Kier alpha value is -2.82. The highest BCUT2D eigenvalue weighted by Crippen LogP contribution is 2.44. The predicted molar refractivity (Wildman–Crippen MR) is 102 cm³/mol. The number of nitrogens with zero attached hydrogens (tertiary/aromatic N) is 1. The van der Waals surface area contributed by atoms with Crippen LogP contribution >= 0.6 is 0 Å². The highest BCUT2D eigenvalue weighted by Gasteiger charge is 2.29. The van der Waals surface area contributed by atoms with Gasteiger partial charge in [-0.3, -0.25) is 4.98 Å². The third-order valence-electron chi connectivity index (χ3n) is 4.27. The lowest BCUT2D eigenvalue weighted by Crippen LogP contribution is -2.15. The van der Waals surface area contributed by atoms with Crippen molar-refractivity contribution in [3.63, 3.8) is 0 Å². The van der Waals surface area contributed by atoms with Crippen LogP contribution in [0.3, 0.4) is 0 Å². The van der Waals surface area contributed by atoms with Crippen molar-refractivity contribution in [1.29, 1.82) is 0 Å². The van der Waals surface area contributed by atoms with Crippen LogP contribution in [0.15, 0.2) is 30.5 Å². The SMILES string of the molecule is CCOC(=O)c1c(CC(C)(C)C)c(O)c2c(ncc3ccccc32)c1O. The first-order valence-electron chi connectivity index (χ1n) is 8.66. The van der Waals surface area contributed by atoms with E-state index in [1.54, 1.807) is 13.1 Å². The number of fused-ring (bicyclic) bond motifs is 3. The summed E-state index contributed by atoms with van der Waals surface area (Å²) in [5.74, 6) is -0.933. The standard InChI is InChI=1S/C21H23NO4/c1-5-26-20(25)16-14(10-21(2,3)4)18(23)15-13-9-7-6-8-12(13)11-22-17(15)19(16)24/h6-9,11,23-24H,5,10H2,1-4H3. The second-order valence-corrected chi connectivity index (χ2v) is 7.58. The molecule has 5 heteroatoms. The van der Waals surface area contributed by atoms with E-state index in [0.717, 1.165) is 10.8 Å². The molecule has 0 radical (unpaired) electrons. The van der Waals surface area contributed by atoms with Crippen LogP contribution in [0.1, 0.15) is 43.6 Å². The predicted octanol–water partition coefficient (Wildman–Crippen LogP) is 4.56. The smallest absolute Gasteiger partial charge is 0.342 e.